The molecule has 5 heteroatoms. The number of nitrogens with two attached hydrogens (primary N) is 1. The molecule has 2 aromatic rings. The number of fused-ring (bicyclic) bond motifs is 4. The highest BCUT2D eigenvalue weighted by Gasteiger charge is 2.37. The molecular weight excluding hydrogens is 262 g/mol. The molecule has 0 amide bonds. The van der Waals surface area contributed by atoms with Crippen LogP contribution in [0.2, 0.25) is 0 Å². The Morgan fingerprint density at radius 2 is 2.00 bits per heavy atom. The lowest BCUT2D eigenvalue weighted by Crippen LogP contribution is -2.64. The van der Waals surface area contributed by atoms with Crippen molar-refractivity contribution in [1.29, 1.82) is 0 Å². The lowest BCUT2D eigenvalue weighted by atomic mass is 9.94. The van der Waals surface area contributed by atoms with E-state index in [1.165, 1.54) is 24.0 Å². The molecule has 1 aromatic carbocycles. The summed E-state index contributed by atoms with van der Waals surface area (Å²) >= 11 is 0. The molecular formula is C16H21N5. The van der Waals surface area contributed by atoms with Crippen LogP contribution >= 0.6 is 0 Å². The van der Waals surface area contributed by atoms with Crippen molar-refractivity contribution >= 4 is 10.9 Å². The van der Waals surface area contributed by atoms with Gasteiger partial charge in [0.05, 0.1) is 11.6 Å². The Hall–Kier alpha value is -1.53. The van der Waals surface area contributed by atoms with Crippen molar-refractivity contribution in [2.45, 2.75) is 12.1 Å². The molecule has 1 aromatic heterocycles. The molecule has 21 heavy (non-hydrogen) atoms. The van der Waals surface area contributed by atoms with E-state index in [0.717, 1.165) is 25.2 Å². The van der Waals surface area contributed by atoms with Crippen LogP contribution in [-0.4, -0.2) is 53.5 Å². The van der Waals surface area contributed by atoms with Crippen LogP contribution in [0.1, 0.15) is 11.6 Å². The number of nitrogens with zero attached hydrogens (tertiary/aromatic N) is 3. The van der Waals surface area contributed by atoms with Crippen molar-refractivity contribution in [3.63, 3.8) is 0 Å². The van der Waals surface area contributed by atoms with E-state index in [0.29, 0.717) is 6.04 Å². The van der Waals surface area contributed by atoms with Gasteiger partial charge in [0.2, 0.25) is 0 Å². The number of rotatable bonds is 3. The number of hydrogen-bond acceptors (Lipinski definition) is 5. The quantitative estimate of drug-likeness (QED) is 0.643. The predicted octanol–water partition coefficient (Wildman–Crippen LogP) is 0.739. The standard InChI is InChI=1S/C16H21N5/c17-19-16(15-11-20-5-7-21(15)8-6-20)13-9-12-3-1-2-4-14(12)18-10-13/h1-4,9-10,15-16,19H,5-8,11,17H2. The minimum Gasteiger partial charge on any atom is -0.299 e. The minimum absolute atomic E-state index is 0.130. The molecule has 2 atom stereocenters. The summed E-state index contributed by atoms with van der Waals surface area (Å²) in [6.07, 6.45) is 1.96. The lowest BCUT2D eigenvalue weighted by molar-refractivity contribution is -0.00371. The highest BCUT2D eigenvalue weighted by molar-refractivity contribution is 5.78. The number of nitrogens with one attached hydrogen (secondary N) is 1. The summed E-state index contributed by atoms with van der Waals surface area (Å²) in [5.41, 5.74) is 5.24. The molecule has 5 nitrogen and oxygen atoms in total. The Morgan fingerprint density at radius 1 is 1.19 bits per heavy atom. The fraction of sp³-hybridized carbons (Fsp3) is 0.438. The first kappa shape index (κ1) is 13.2. The molecule has 0 aliphatic carbocycles. The normalized spacial score (nSPS) is 29.7. The fourth-order valence-electron chi connectivity index (χ4n) is 3.66. The van der Waals surface area contributed by atoms with Crippen molar-refractivity contribution in [3.05, 3.63) is 42.1 Å². The summed E-state index contributed by atoms with van der Waals surface area (Å²) in [6, 6.07) is 11.0. The van der Waals surface area contributed by atoms with Crippen molar-refractivity contribution in [2.24, 2.45) is 5.84 Å². The van der Waals surface area contributed by atoms with Gasteiger partial charge in [-0.2, -0.15) is 0 Å². The van der Waals surface area contributed by atoms with Crippen LogP contribution in [-0.2, 0) is 0 Å². The maximum Gasteiger partial charge on any atom is 0.0702 e. The molecule has 2 bridgehead atoms. The van der Waals surface area contributed by atoms with E-state index >= 15 is 0 Å². The average Bonchev–Trinajstić information content (AvgIpc) is 2.57. The van der Waals surface area contributed by atoms with Crippen molar-refractivity contribution in [3.8, 4) is 0 Å². The molecule has 3 N–H and O–H groups in total. The third-order valence-electron chi connectivity index (χ3n) is 4.86. The van der Waals surface area contributed by atoms with Crippen molar-refractivity contribution in [1.82, 2.24) is 20.2 Å². The number of aromatic nitrogens is 1. The van der Waals surface area contributed by atoms with E-state index in [2.05, 4.69) is 38.4 Å². The van der Waals surface area contributed by atoms with Gasteiger partial charge in [0.15, 0.2) is 0 Å². The monoisotopic (exact) mass is 283 g/mol. The summed E-state index contributed by atoms with van der Waals surface area (Å²) in [4.78, 5) is 9.67. The zero-order chi connectivity index (χ0) is 14.2. The van der Waals surface area contributed by atoms with Gasteiger partial charge in [0, 0.05) is 50.3 Å². The largest absolute Gasteiger partial charge is 0.299 e. The number of benzene rings is 1. The van der Waals surface area contributed by atoms with Crippen LogP contribution < -0.4 is 11.3 Å². The first-order valence-corrected chi connectivity index (χ1v) is 7.62. The van der Waals surface area contributed by atoms with Crippen LogP contribution in [0.15, 0.2) is 36.5 Å². The summed E-state index contributed by atoms with van der Waals surface area (Å²) in [5.74, 6) is 5.89. The molecule has 0 radical (unpaired) electrons. The second kappa shape index (κ2) is 5.35. The number of hydrogen-bond donors (Lipinski definition) is 2. The van der Waals surface area contributed by atoms with E-state index in [-0.39, 0.29) is 6.04 Å². The maximum atomic E-state index is 5.89. The Labute approximate surface area is 124 Å². The second-order valence-electron chi connectivity index (χ2n) is 6.01. The van der Waals surface area contributed by atoms with Crippen LogP contribution in [0.25, 0.3) is 10.9 Å². The molecule has 2 unspecified atom stereocenters. The minimum atomic E-state index is 0.130. The second-order valence-corrected chi connectivity index (χ2v) is 6.01. The Balaban J connectivity index is 1.67. The first-order chi connectivity index (χ1) is 10.3. The number of hydrazine groups is 1. The van der Waals surface area contributed by atoms with E-state index in [9.17, 15) is 0 Å². The Morgan fingerprint density at radius 3 is 2.71 bits per heavy atom. The molecule has 3 fully saturated rings. The fourth-order valence-corrected chi connectivity index (χ4v) is 3.66. The highest BCUT2D eigenvalue weighted by atomic mass is 15.4. The van der Waals surface area contributed by atoms with Crippen molar-refractivity contribution < 1.29 is 0 Å². The first-order valence-electron chi connectivity index (χ1n) is 7.62. The Kier molecular flexibility index (Phi) is 3.35. The average molecular weight is 283 g/mol. The Bertz CT molecular complexity index is 635. The SMILES string of the molecule is NNC(c1cnc2ccccc2c1)C1CN2CCN1CC2. The smallest absolute Gasteiger partial charge is 0.0702 e. The lowest BCUT2D eigenvalue weighted by Gasteiger charge is -2.50. The van der Waals surface area contributed by atoms with Crippen LogP contribution in [0.3, 0.4) is 0 Å². The van der Waals surface area contributed by atoms with E-state index in [1.807, 2.05) is 18.3 Å². The zero-order valence-corrected chi connectivity index (χ0v) is 12.1. The molecule has 3 aliphatic heterocycles. The summed E-state index contributed by atoms with van der Waals surface area (Å²) < 4.78 is 0. The highest BCUT2D eigenvalue weighted by Crippen LogP contribution is 2.27. The summed E-state index contributed by atoms with van der Waals surface area (Å²) in [5, 5.41) is 1.17. The summed E-state index contributed by atoms with van der Waals surface area (Å²) in [7, 11) is 0. The van der Waals surface area contributed by atoms with Gasteiger partial charge >= 0.3 is 0 Å². The molecule has 0 saturated carbocycles. The topological polar surface area (TPSA) is 57.4 Å². The van der Waals surface area contributed by atoms with Gasteiger partial charge in [-0.1, -0.05) is 18.2 Å². The van der Waals surface area contributed by atoms with E-state index in [1.54, 1.807) is 0 Å². The summed E-state index contributed by atoms with van der Waals surface area (Å²) in [6.45, 7) is 5.74. The molecule has 4 heterocycles. The van der Waals surface area contributed by atoms with Gasteiger partial charge in [-0.25, -0.2) is 0 Å². The van der Waals surface area contributed by atoms with Gasteiger partial charge in [-0.15, -0.1) is 0 Å². The predicted molar refractivity (Wildman–Crippen MR) is 83.6 cm³/mol. The van der Waals surface area contributed by atoms with Gasteiger partial charge in [0.25, 0.3) is 0 Å². The van der Waals surface area contributed by atoms with Crippen molar-refractivity contribution in [2.75, 3.05) is 32.7 Å². The molecule has 3 saturated heterocycles. The number of para-hydroxylation sites is 1. The maximum absolute atomic E-state index is 5.89. The number of pyridine rings is 1. The van der Waals surface area contributed by atoms with E-state index < -0.39 is 0 Å². The molecule has 5 rings (SSSR count). The van der Waals surface area contributed by atoms with Crippen LogP contribution in [0, 0.1) is 0 Å². The van der Waals surface area contributed by atoms with Crippen LogP contribution in [0.5, 0.6) is 0 Å². The third kappa shape index (κ3) is 2.32. The van der Waals surface area contributed by atoms with Crippen LogP contribution in [0.4, 0.5) is 0 Å². The van der Waals surface area contributed by atoms with E-state index in [4.69, 9.17) is 5.84 Å². The zero-order valence-electron chi connectivity index (χ0n) is 12.1. The van der Waals surface area contributed by atoms with Gasteiger partial charge in [-0.3, -0.25) is 26.1 Å². The van der Waals surface area contributed by atoms with Gasteiger partial charge < -0.3 is 0 Å². The molecule has 0 spiro atoms. The number of piperazine rings is 3. The third-order valence-corrected chi connectivity index (χ3v) is 4.86. The van der Waals surface area contributed by atoms with Gasteiger partial charge in [0.1, 0.15) is 0 Å². The van der Waals surface area contributed by atoms with Gasteiger partial charge in [-0.05, 0) is 17.7 Å². The molecule has 110 valence electrons. The molecule has 3 aliphatic rings.